The minimum absolute atomic E-state index is 0.139. The summed E-state index contributed by atoms with van der Waals surface area (Å²) in [5.74, 6) is -0.767. The Kier molecular flexibility index (Phi) is 2.31. The minimum Gasteiger partial charge on any atom is -0.481 e. The fraction of sp³-hybridized carbons (Fsp3) is 0.545. The van der Waals surface area contributed by atoms with Gasteiger partial charge in [-0.1, -0.05) is 0 Å². The molecule has 0 fully saturated rings. The number of carboxylic acids is 1. The average molecular weight is 208 g/mol. The van der Waals surface area contributed by atoms with Gasteiger partial charge in [0.25, 0.3) is 0 Å². The van der Waals surface area contributed by atoms with Gasteiger partial charge in [-0.2, -0.15) is 0 Å². The summed E-state index contributed by atoms with van der Waals surface area (Å²) in [6.07, 6.45) is 6.02. The summed E-state index contributed by atoms with van der Waals surface area (Å²) in [6, 6.07) is 0. The third kappa shape index (κ3) is 1.55. The molecule has 0 saturated heterocycles. The summed E-state index contributed by atoms with van der Waals surface area (Å²) < 4.78 is 1.98. The first-order valence-corrected chi connectivity index (χ1v) is 5.14. The molecular formula is C11H16N2O2. The molecule has 0 aromatic carbocycles. The van der Waals surface area contributed by atoms with Crippen LogP contribution in [0.1, 0.15) is 24.0 Å². The minimum atomic E-state index is -0.767. The number of hydrogen-bond donors (Lipinski definition) is 2. The Hall–Kier alpha value is -1.29. The highest BCUT2D eigenvalue weighted by atomic mass is 16.4. The molecule has 1 atom stereocenters. The van der Waals surface area contributed by atoms with Gasteiger partial charge in [-0.05, 0) is 24.0 Å². The molecule has 1 unspecified atom stereocenters. The molecule has 4 heteroatoms. The molecule has 1 aromatic heterocycles. The van der Waals surface area contributed by atoms with Gasteiger partial charge in [0.2, 0.25) is 0 Å². The first kappa shape index (κ1) is 10.2. The Balaban J connectivity index is 2.39. The Morgan fingerprint density at radius 1 is 1.67 bits per heavy atom. The Labute approximate surface area is 88.7 Å². The number of rotatable bonds is 3. The molecule has 1 aromatic rings. The zero-order valence-corrected chi connectivity index (χ0v) is 8.86. The molecule has 0 amide bonds. The molecule has 1 aliphatic carbocycles. The lowest BCUT2D eigenvalue weighted by atomic mass is 9.80. The van der Waals surface area contributed by atoms with Crippen LogP contribution in [0.15, 0.2) is 12.4 Å². The molecule has 1 aliphatic rings. The Bertz CT molecular complexity index is 397. The molecular weight excluding hydrogens is 192 g/mol. The molecule has 0 radical (unpaired) electrons. The molecule has 2 rings (SSSR count). The van der Waals surface area contributed by atoms with Crippen LogP contribution in [0.4, 0.5) is 0 Å². The van der Waals surface area contributed by atoms with Crippen LogP contribution in [0.3, 0.4) is 0 Å². The normalized spacial score (nSPS) is 24.1. The maximum atomic E-state index is 10.9. The molecule has 0 saturated carbocycles. The molecule has 4 nitrogen and oxygen atoms in total. The lowest BCUT2D eigenvalue weighted by molar-refractivity contribution is -0.138. The van der Waals surface area contributed by atoms with Gasteiger partial charge in [0, 0.05) is 31.4 Å². The highest BCUT2D eigenvalue weighted by molar-refractivity contribution is 5.69. The average Bonchev–Trinajstić information content (AvgIpc) is 2.65. The van der Waals surface area contributed by atoms with Crippen molar-refractivity contribution in [3.8, 4) is 0 Å². The first-order valence-electron chi connectivity index (χ1n) is 5.14. The highest BCUT2D eigenvalue weighted by Crippen LogP contribution is 2.41. The van der Waals surface area contributed by atoms with Crippen molar-refractivity contribution in [2.24, 2.45) is 12.8 Å². The Morgan fingerprint density at radius 2 is 2.40 bits per heavy atom. The number of nitrogens with two attached hydrogens (primary N) is 1. The number of fused-ring (bicyclic) bond motifs is 1. The number of aryl methyl sites for hydroxylation is 2. The molecule has 0 bridgehead atoms. The lowest BCUT2D eigenvalue weighted by Gasteiger charge is -2.25. The smallest absolute Gasteiger partial charge is 0.304 e. The van der Waals surface area contributed by atoms with Crippen molar-refractivity contribution in [1.29, 1.82) is 0 Å². The van der Waals surface area contributed by atoms with Gasteiger partial charge in [0.15, 0.2) is 0 Å². The predicted octanol–water partition coefficient (Wildman–Crippen LogP) is 0.642. The topological polar surface area (TPSA) is 68.2 Å². The number of carbonyl (C=O) groups is 1. The van der Waals surface area contributed by atoms with Crippen molar-refractivity contribution in [2.45, 2.75) is 24.7 Å². The largest absolute Gasteiger partial charge is 0.481 e. The second kappa shape index (κ2) is 3.38. The van der Waals surface area contributed by atoms with Crippen LogP contribution in [0, 0.1) is 0 Å². The van der Waals surface area contributed by atoms with Crippen molar-refractivity contribution < 1.29 is 9.90 Å². The van der Waals surface area contributed by atoms with E-state index in [1.165, 1.54) is 5.56 Å². The van der Waals surface area contributed by atoms with E-state index in [0.717, 1.165) is 18.4 Å². The Morgan fingerprint density at radius 3 is 3.00 bits per heavy atom. The van der Waals surface area contributed by atoms with Gasteiger partial charge in [-0.25, -0.2) is 0 Å². The molecule has 15 heavy (non-hydrogen) atoms. The summed E-state index contributed by atoms with van der Waals surface area (Å²) in [5, 5.41) is 8.94. The summed E-state index contributed by atoms with van der Waals surface area (Å²) in [4.78, 5) is 10.9. The van der Waals surface area contributed by atoms with E-state index in [4.69, 9.17) is 10.8 Å². The van der Waals surface area contributed by atoms with Crippen molar-refractivity contribution in [1.82, 2.24) is 4.57 Å². The van der Waals surface area contributed by atoms with Crippen LogP contribution >= 0.6 is 0 Å². The van der Waals surface area contributed by atoms with E-state index >= 15 is 0 Å². The second-order valence-corrected chi connectivity index (χ2v) is 4.42. The molecule has 0 aliphatic heterocycles. The summed E-state index contributed by atoms with van der Waals surface area (Å²) in [6.45, 7) is 0.413. The highest BCUT2D eigenvalue weighted by Gasteiger charge is 2.40. The maximum absolute atomic E-state index is 10.9. The summed E-state index contributed by atoms with van der Waals surface area (Å²) >= 11 is 0. The van der Waals surface area contributed by atoms with Gasteiger partial charge in [-0.15, -0.1) is 0 Å². The van der Waals surface area contributed by atoms with Crippen LogP contribution < -0.4 is 5.73 Å². The van der Waals surface area contributed by atoms with Crippen LogP contribution in [0.25, 0.3) is 0 Å². The van der Waals surface area contributed by atoms with Crippen molar-refractivity contribution in [3.63, 3.8) is 0 Å². The predicted molar refractivity (Wildman–Crippen MR) is 56.7 cm³/mol. The van der Waals surface area contributed by atoms with E-state index < -0.39 is 5.97 Å². The van der Waals surface area contributed by atoms with Gasteiger partial charge < -0.3 is 15.4 Å². The van der Waals surface area contributed by atoms with Gasteiger partial charge in [0.05, 0.1) is 6.42 Å². The monoisotopic (exact) mass is 208 g/mol. The van der Waals surface area contributed by atoms with Crippen molar-refractivity contribution >= 4 is 5.97 Å². The summed E-state index contributed by atoms with van der Waals surface area (Å²) in [7, 11) is 1.96. The zero-order chi connectivity index (χ0) is 11.1. The van der Waals surface area contributed by atoms with Crippen LogP contribution in [0.5, 0.6) is 0 Å². The maximum Gasteiger partial charge on any atom is 0.304 e. The third-order valence-corrected chi connectivity index (χ3v) is 3.36. The molecule has 82 valence electrons. The fourth-order valence-electron chi connectivity index (χ4n) is 2.58. The third-order valence-electron chi connectivity index (χ3n) is 3.36. The van der Waals surface area contributed by atoms with E-state index in [0.29, 0.717) is 6.54 Å². The van der Waals surface area contributed by atoms with E-state index in [9.17, 15) is 4.79 Å². The molecule has 3 N–H and O–H groups in total. The van der Waals surface area contributed by atoms with E-state index in [-0.39, 0.29) is 11.8 Å². The number of nitrogens with zero attached hydrogens (tertiary/aromatic N) is 1. The van der Waals surface area contributed by atoms with Gasteiger partial charge in [0.1, 0.15) is 0 Å². The van der Waals surface area contributed by atoms with Gasteiger partial charge in [-0.3, -0.25) is 4.79 Å². The quantitative estimate of drug-likeness (QED) is 0.766. The SMILES string of the molecule is Cn1cc2c(c1)C(CN)(CC(=O)O)CC2. The van der Waals surface area contributed by atoms with E-state index in [1.807, 2.05) is 17.8 Å². The van der Waals surface area contributed by atoms with Crippen molar-refractivity contribution in [2.75, 3.05) is 6.54 Å². The summed E-state index contributed by atoms with van der Waals surface area (Å²) in [5.41, 5.74) is 7.83. The van der Waals surface area contributed by atoms with Crippen LogP contribution in [-0.4, -0.2) is 22.2 Å². The van der Waals surface area contributed by atoms with Crippen LogP contribution in [-0.2, 0) is 23.7 Å². The van der Waals surface area contributed by atoms with E-state index in [2.05, 4.69) is 6.20 Å². The number of hydrogen-bond acceptors (Lipinski definition) is 2. The molecule has 1 heterocycles. The standard InChI is InChI=1S/C11H16N2O2/c1-13-5-8-2-3-11(7-12,4-10(14)15)9(8)6-13/h5-6H,2-4,7,12H2,1H3,(H,14,15). The number of aliphatic carboxylic acids is 1. The lowest BCUT2D eigenvalue weighted by Crippen LogP contribution is -2.35. The van der Waals surface area contributed by atoms with E-state index in [1.54, 1.807) is 0 Å². The zero-order valence-electron chi connectivity index (χ0n) is 8.86. The van der Waals surface area contributed by atoms with Gasteiger partial charge >= 0.3 is 5.97 Å². The molecule has 0 spiro atoms. The number of aromatic nitrogens is 1. The first-order chi connectivity index (χ1) is 7.07. The second-order valence-electron chi connectivity index (χ2n) is 4.42. The fourth-order valence-corrected chi connectivity index (χ4v) is 2.58. The van der Waals surface area contributed by atoms with Crippen molar-refractivity contribution in [3.05, 3.63) is 23.5 Å². The van der Waals surface area contributed by atoms with Crippen LogP contribution in [0.2, 0.25) is 0 Å². The number of carboxylic acid groups (broad SMARTS) is 1.